The summed E-state index contributed by atoms with van der Waals surface area (Å²) in [5, 5.41) is 2.24. The van der Waals surface area contributed by atoms with Crippen LogP contribution in [-0.4, -0.2) is 31.6 Å². The minimum absolute atomic E-state index is 0.0700. The zero-order chi connectivity index (χ0) is 22.7. The minimum atomic E-state index is -0.786. The molecular weight excluding hydrogens is 511 g/mol. The van der Waals surface area contributed by atoms with Gasteiger partial charge in [0.25, 0.3) is 11.8 Å². The summed E-state index contributed by atoms with van der Waals surface area (Å²) < 4.78 is 11.6. The first kappa shape index (κ1) is 22.4. The van der Waals surface area contributed by atoms with Crippen molar-refractivity contribution in [1.29, 1.82) is 0 Å². The van der Waals surface area contributed by atoms with E-state index in [0.29, 0.717) is 26.3 Å². The molecule has 1 fully saturated rings. The predicted molar refractivity (Wildman–Crippen MR) is 125 cm³/mol. The summed E-state index contributed by atoms with van der Waals surface area (Å²) in [6.45, 7) is 3.76. The van der Waals surface area contributed by atoms with E-state index in [-0.39, 0.29) is 12.2 Å². The Labute approximate surface area is 193 Å². The highest BCUT2D eigenvalue weighted by atomic mass is 127. The molecule has 1 N–H and O–H groups in total. The van der Waals surface area contributed by atoms with E-state index >= 15 is 0 Å². The second-order valence-electron chi connectivity index (χ2n) is 6.70. The zero-order valence-corrected chi connectivity index (χ0v) is 19.3. The Morgan fingerprint density at radius 3 is 2.65 bits per heavy atom. The molecule has 1 heterocycles. The van der Waals surface area contributed by atoms with Gasteiger partial charge < -0.3 is 9.47 Å². The molecule has 0 bridgehead atoms. The molecule has 4 amide bonds. The molecule has 0 saturated carbocycles. The SMILES string of the molecule is C#CCOc1c(I)cc(/C=C2\C(=O)NC(=O)N(c3cccc(C)c3C)C2=O)cc1OC. The molecule has 158 valence electrons. The number of methoxy groups -OCH3 is 1. The van der Waals surface area contributed by atoms with Gasteiger partial charge in [0.15, 0.2) is 11.5 Å². The summed E-state index contributed by atoms with van der Waals surface area (Å²) in [6.07, 6.45) is 6.67. The Balaban J connectivity index is 2.05. The maximum Gasteiger partial charge on any atom is 0.335 e. The van der Waals surface area contributed by atoms with Crippen LogP contribution in [0.5, 0.6) is 11.5 Å². The number of urea groups is 1. The Hall–Kier alpha value is -3.32. The number of hydrogen-bond acceptors (Lipinski definition) is 5. The lowest BCUT2D eigenvalue weighted by molar-refractivity contribution is -0.122. The third-order valence-electron chi connectivity index (χ3n) is 4.78. The maximum atomic E-state index is 13.2. The van der Waals surface area contributed by atoms with Gasteiger partial charge >= 0.3 is 6.03 Å². The van der Waals surface area contributed by atoms with Crippen molar-refractivity contribution in [3.05, 3.63) is 56.2 Å². The minimum Gasteiger partial charge on any atom is -0.493 e. The Morgan fingerprint density at radius 1 is 1.23 bits per heavy atom. The summed E-state index contributed by atoms with van der Waals surface area (Å²) in [6, 6.07) is 7.86. The molecule has 1 aliphatic heterocycles. The smallest absolute Gasteiger partial charge is 0.335 e. The number of halogens is 1. The first-order chi connectivity index (χ1) is 14.8. The normalized spacial score (nSPS) is 15.0. The predicted octanol–water partition coefficient (Wildman–Crippen LogP) is 3.60. The van der Waals surface area contributed by atoms with Crippen LogP contribution in [0.3, 0.4) is 0 Å². The molecule has 0 spiro atoms. The van der Waals surface area contributed by atoms with E-state index in [1.165, 1.54) is 13.2 Å². The fourth-order valence-corrected chi connectivity index (χ4v) is 3.88. The first-order valence-corrected chi connectivity index (χ1v) is 10.3. The number of ether oxygens (including phenoxy) is 2. The van der Waals surface area contributed by atoms with E-state index in [4.69, 9.17) is 15.9 Å². The van der Waals surface area contributed by atoms with Gasteiger partial charge in [0.2, 0.25) is 0 Å². The summed E-state index contributed by atoms with van der Waals surface area (Å²) in [7, 11) is 1.48. The fourth-order valence-electron chi connectivity index (χ4n) is 3.10. The molecule has 3 rings (SSSR count). The number of aryl methyl sites for hydroxylation is 1. The zero-order valence-electron chi connectivity index (χ0n) is 17.1. The van der Waals surface area contributed by atoms with Crippen molar-refractivity contribution in [2.45, 2.75) is 13.8 Å². The average molecular weight is 530 g/mol. The van der Waals surface area contributed by atoms with Crippen LogP contribution < -0.4 is 19.7 Å². The molecule has 0 aliphatic carbocycles. The number of benzene rings is 2. The molecule has 7 nitrogen and oxygen atoms in total. The van der Waals surface area contributed by atoms with E-state index in [0.717, 1.165) is 16.0 Å². The van der Waals surface area contributed by atoms with Crippen LogP contribution in [0, 0.1) is 29.8 Å². The van der Waals surface area contributed by atoms with Crippen molar-refractivity contribution in [3.63, 3.8) is 0 Å². The molecule has 31 heavy (non-hydrogen) atoms. The largest absolute Gasteiger partial charge is 0.493 e. The van der Waals surface area contributed by atoms with Crippen molar-refractivity contribution in [1.82, 2.24) is 5.32 Å². The van der Waals surface area contributed by atoms with Gasteiger partial charge in [-0.2, -0.15) is 0 Å². The molecule has 1 aliphatic rings. The summed E-state index contributed by atoms with van der Waals surface area (Å²) >= 11 is 2.05. The number of nitrogens with one attached hydrogen (secondary N) is 1. The van der Waals surface area contributed by atoms with E-state index in [1.807, 2.05) is 19.9 Å². The number of rotatable bonds is 5. The number of anilines is 1. The van der Waals surface area contributed by atoms with Crippen LogP contribution in [-0.2, 0) is 9.59 Å². The Morgan fingerprint density at radius 2 is 1.97 bits per heavy atom. The number of terminal acetylenes is 1. The van der Waals surface area contributed by atoms with Gasteiger partial charge in [-0.15, -0.1) is 6.42 Å². The molecule has 8 heteroatoms. The maximum absolute atomic E-state index is 13.2. The van der Waals surface area contributed by atoms with Gasteiger partial charge in [-0.25, -0.2) is 9.69 Å². The van der Waals surface area contributed by atoms with Gasteiger partial charge in [0, 0.05) is 0 Å². The number of nitrogens with zero attached hydrogens (tertiary/aromatic N) is 1. The number of barbiturate groups is 1. The van der Waals surface area contributed by atoms with E-state index in [2.05, 4.69) is 33.8 Å². The highest BCUT2D eigenvalue weighted by molar-refractivity contribution is 14.1. The average Bonchev–Trinajstić information content (AvgIpc) is 2.73. The molecule has 2 aromatic carbocycles. The molecule has 0 unspecified atom stereocenters. The lowest BCUT2D eigenvalue weighted by Crippen LogP contribution is -2.54. The van der Waals surface area contributed by atoms with Crippen molar-refractivity contribution in [2.24, 2.45) is 0 Å². The highest BCUT2D eigenvalue weighted by Crippen LogP contribution is 2.35. The lowest BCUT2D eigenvalue weighted by atomic mass is 10.0. The number of carbonyl (C=O) groups excluding carboxylic acids is 3. The molecule has 1 saturated heterocycles. The number of hydrogen-bond donors (Lipinski definition) is 1. The van der Waals surface area contributed by atoms with E-state index in [1.54, 1.807) is 24.3 Å². The highest BCUT2D eigenvalue weighted by Gasteiger charge is 2.37. The van der Waals surface area contributed by atoms with Crippen LogP contribution in [0.1, 0.15) is 16.7 Å². The first-order valence-electron chi connectivity index (χ1n) is 9.20. The van der Waals surface area contributed by atoms with Crippen molar-refractivity contribution < 1.29 is 23.9 Å². The second-order valence-corrected chi connectivity index (χ2v) is 7.87. The summed E-state index contributed by atoms with van der Waals surface area (Å²) in [5.74, 6) is 1.79. The molecule has 0 aromatic heterocycles. The number of amides is 4. The van der Waals surface area contributed by atoms with Gasteiger partial charge in [0.05, 0.1) is 16.4 Å². The van der Waals surface area contributed by atoms with Gasteiger partial charge in [-0.1, -0.05) is 18.1 Å². The van der Waals surface area contributed by atoms with Crippen LogP contribution in [0.2, 0.25) is 0 Å². The third kappa shape index (κ3) is 4.41. The molecular formula is C23H19IN2O5. The van der Waals surface area contributed by atoms with Gasteiger partial charge in [0.1, 0.15) is 12.2 Å². The molecule has 2 aromatic rings. The van der Waals surface area contributed by atoms with Crippen LogP contribution in [0.4, 0.5) is 10.5 Å². The fraction of sp³-hybridized carbons (Fsp3) is 0.174. The quantitative estimate of drug-likeness (QED) is 0.277. The second kappa shape index (κ2) is 9.22. The summed E-state index contributed by atoms with van der Waals surface area (Å²) in [4.78, 5) is 39.1. The van der Waals surface area contributed by atoms with Crippen LogP contribution in [0.25, 0.3) is 6.08 Å². The van der Waals surface area contributed by atoms with Crippen LogP contribution >= 0.6 is 22.6 Å². The van der Waals surface area contributed by atoms with Crippen molar-refractivity contribution in [2.75, 3.05) is 18.6 Å². The number of carbonyl (C=O) groups is 3. The molecule has 0 radical (unpaired) electrons. The topological polar surface area (TPSA) is 84.9 Å². The van der Waals surface area contributed by atoms with Crippen molar-refractivity contribution in [3.8, 4) is 23.8 Å². The number of imide groups is 2. The Bertz CT molecular complexity index is 1160. The third-order valence-corrected chi connectivity index (χ3v) is 5.58. The van der Waals surface area contributed by atoms with Gasteiger partial charge in [-0.3, -0.25) is 14.9 Å². The van der Waals surface area contributed by atoms with Gasteiger partial charge in [-0.05, 0) is 77.4 Å². The van der Waals surface area contributed by atoms with Crippen LogP contribution in [0.15, 0.2) is 35.9 Å². The van der Waals surface area contributed by atoms with E-state index in [9.17, 15) is 14.4 Å². The monoisotopic (exact) mass is 530 g/mol. The van der Waals surface area contributed by atoms with Crippen molar-refractivity contribution >= 4 is 52.2 Å². The standard InChI is InChI=1S/C23H19IN2O5/c1-5-9-31-20-17(24)11-15(12-19(20)30-4)10-16-21(27)25-23(29)26(22(16)28)18-8-6-7-13(2)14(18)3/h1,6-8,10-12H,9H2,2-4H3,(H,25,27,29)/b16-10+. The lowest BCUT2D eigenvalue weighted by Gasteiger charge is -2.28. The molecule has 0 atom stereocenters. The summed E-state index contributed by atoms with van der Waals surface area (Å²) in [5.41, 5.74) is 2.47. The Kier molecular flexibility index (Phi) is 6.65. The van der Waals surface area contributed by atoms with E-state index < -0.39 is 17.8 Å².